The van der Waals surface area contributed by atoms with Crippen molar-refractivity contribution in [2.45, 2.75) is 13.8 Å². The fourth-order valence-electron chi connectivity index (χ4n) is 1.90. The molecule has 0 radical (unpaired) electrons. The van der Waals surface area contributed by atoms with Gasteiger partial charge in [-0.15, -0.1) is 0 Å². The number of hydrogen-bond donors (Lipinski definition) is 0. The van der Waals surface area contributed by atoms with Crippen molar-refractivity contribution in [3.8, 4) is 0 Å². The monoisotopic (exact) mass is 271 g/mol. The Morgan fingerprint density at radius 3 is 2.30 bits per heavy atom. The third-order valence-corrected chi connectivity index (χ3v) is 3.03. The van der Waals surface area contributed by atoms with Gasteiger partial charge in [0.05, 0.1) is 0 Å². The summed E-state index contributed by atoms with van der Waals surface area (Å²) in [4.78, 5) is 24.5. The average Bonchev–Trinajstić information content (AvgIpc) is 2.44. The lowest BCUT2D eigenvalue weighted by Gasteiger charge is -2.13. The molecule has 0 aromatic heterocycles. The van der Waals surface area contributed by atoms with Crippen molar-refractivity contribution in [2.24, 2.45) is 5.92 Å². The highest BCUT2D eigenvalue weighted by atomic mass is 16.1. The van der Waals surface area contributed by atoms with Crippen molar-refractivity contribution in [3.05, 3.63) is 53.6 Å². The molecule has 0 unspecified atom stereocenters. The minimum Gasteiger partial charge on any atom is -0.378 e. The zero-order chi connectivity index (χ0) is 15.1. The van der Waals surface area contributed by atoms with Gasteiger partial charge in [-0.25, -0.2) is 0 Å². The molecule has 0 N–H and O–H groups in total. The Bertz CT molecular complexity index is 524. The maximum absolute atomic E-state index is 12.3. The van der Waals surface area contributed by atoms with Gasteiger partial charge in [-0.2, -0.15) is 0 Å². The second-order valence-electron chi connectivity index (χ2n) is 5.00. The van der Waals surface area contributed by atoms with E-state index in [2.05, 4.69) is 0 Å². The fraction of sp³-hybridized carbons (Fsp3) is 0.294. The minimum absolute atomic E-state index is 0.0779. The number of allylic oxidation sites excluding steroid dienone is 4. The highest BCUT2D eigenvalue weighted by molar-refractivity contribution is 5.99. The van der Waals surface area contributed by atoms with E-state index in [1.807, 2.05) is 63.2 Å². The van der Waals surface area contributed by atoms with Gasteiger partial charge in [0, 0.05) is 31.3 Å². The van der Waals surface area contributed by atoms with Crippen LogP contribution in [0.5, 0.6) is 0 Å². The van der Waals surface area contributed by atoms with Crippen molar-refractivity contribution < 1.29 is 9.59 Å². The first kappa shape index (κ1) is 15.9. The second kappa shape index (κ2) is 7.43. The van der Waals surface area contributed by atoms with Gasteiger partial charge in [0.2, 0.25) is 0 Å². The molecule has 0 saturated heterocycles. The molecule has 0 aliphatic heterocycles. The highest BCUT2D eigenvalue weighted by Gasteiger charge is 2.12. The maximum Gasteiger partial charge on any atom is 0.169 e. The predicted molar refractivity (Wildman–Crippen MR) is 83.2 cm³/mol. The smallest absolute Gasteiger partial charge is 0.169 e. The molecule has 0 fully saturated rings. The van der Waals surface area contributed by atoms with Crippen LogP contribution in [0, 0.1) is 5.92 Å². The largest absolute Gasteiger partial charge is 0.378 e. The summed E-state index contributed by atoms with van der Waals surface area (Å²) in [6.45, 7) is 3.74. The van der Waals surface area contributed by atoms with Gasteiger partial charge in [-0.3, -0.25) is 9.59 Å². The van der Waals surface area contributed by atoms with E-state index in [1.165, 1.54) is 6.08 Å². The zero-order valence-electron chi connectivity index (χ0n) is 12.5. The maximum atomic E-state index is 12.3. The van der Waals surface area contributed by atoms with E-state index in [9.17, 15) is 9.59 Å². The summed E-state index contributed by atoms with van der Waals surface area (Å²) in [5.74, 6) is -0.134. The first-order valence-electron chi connectivity index (χ1n) is 6.57. The minimum atomic E-state index is -0.212. The second-order valence-corrected chi connectivity index (χ2v) is 5.00. The van der Waals surface area contributed by atoms with Gasteiger partial charge in [0.1, 0.15) is 6.29 Å². The number of aldehydes is 1. The number of benzene rings is 1. The normalized spacial score (nSPS) is 13.3. The molecule has 1 aromatic rings. The predicted octanol–water partition coefficient (Wildman–Crippen LogP) is 3.27. The van der Waals surface area contributed by atoms with Crippen LogP contribution in [0.15, 0.2) is 48.1 Å². The third kappa shape index (κ3) is 4.50. The standard InChI is InChI=1S/C17H21NO2/c1-13(6-5-11-19)12-14(2)17(20)15-7-9-16(10-8-15)18(3)4/h5-12,14H,1-4H3/t14-/m1/s1. The molecule has 1 atom stereocenters. The molecule has 1 aromatic carbocycles. The van der Waals surface area contributed by atoms with Crippen LogP contribution in [0.25, 0.3) is 0 Å². The topological polar surface area (TPSA) is 37.4 Å². The van der Waals surface area contributed by atoms with Crippen LogP contribution in [0.4, 0.5) is 5.69 Å². The Morgan fingerprint density at radius 1 is 1.20 bits per heavy atom. The Labute approximate surface area is 120 Å². The van der Waals surface area contributed by atoms with E-state index in [0.717, 1.165) is 17.5 Å². The summed E-state index contributed by atoms with van der Waals surface area (Å²) in [6.07, 6.45) is 5.72. The van der Waals surface area contributed by atoms with E-state index in [-0.39, 0.29) is 11.7 Å². The summed E-state index contributed by atoms with van der Waals surface area (Å²) in [6, 6.07) is 7.56. The molecule has 0 aliphatic rings. The Morgan fingerprint density at radius 2 is 1.80 bits per heavy atom. The lowest BCUT2D eigenvalue weighted by Crippen LogP contribution is -2.11. The summed E-state index contributed by atoms with van der Waals surface area (Å²) >= 11 is 0. The molecule has 3 heteroatoms. The van der Waals surface area contributed by atoms with Gasteiger partial charge < -0.3 is 4.90 Å². The summed E-state index contributed by atoms with van der Waals surface area (Å²) in [5.41, 5.74) is 2.67. The van der Waals surface area contributed by atoms with Crippen LogP contribution < -0.4 is 4.90 Å². The van der Waals surface area contributed by atoms with Gasteiger partial charge in [0.25, 0.3) is 0 Å². The van der Waals surface area contributed by atoms with Crippen LogP contribution in [-0.4, -0.2) is 26.2 Å². The van der Waals surface area contributed by atoms with Crippen LogP contribution in [0.2, 0.25) is 0 Å². The number of ketones is 1. The molecule has 0 heterocycles. The van der Waals surface area contributed by atoms with Crippen LogP contribution >= 0.6 is 0 Å². The van der Waals surface area contributed by atoms with Crippen molar-refractivity contribution in [2.75, 3.05) is 19.0 Å². The first-order valence-corrected chi connectivity index (χ1v) is 6.57. The number of anilines is 1. The molecular formula is C17H21NO2. The third-order valence-electron chi connectivity index (χ3n) is 3.03. The molecular weight excluding hydrogens is 250 g/mol. The SMILES string of the molecule is CC(C=CC=O)=C[C@@H](C)C(=O)c1ccc(N(C)C)cc1. The number of Topliss-reactive ketones (excluding diaryl/α,β-unsaturated/α-hetero) is 1. The molecule has 106 valence electrons. The number of hydrogen-bond acceptors (Lipinski definition) is 3. The zero-order valence-corrected chi connectivity index (χ0v) is 12.5. The van der Waals surface area contributed by atoms with Crippen molar-refractivity contribution in [3.63, 3.8) is 0 Å². The lowest BCUT2D eigenvalue weighted by atomic mass is 9.97. The van der Waals surface area contributed by atoms with Gasteiger partial charge in [-0.05, 0) is 37.3 Å². The number of rotatable bonds is 6. The molecule has 0 spiro atoms. The molecule has 0 aliphatic carbocycles. The van der Waals surface area contributed by atoms with E-state index in [4.69, 9.17) is 0 Å². The Balaban J connectivity index is 2.83. The Hall–Kier alpha value is -2.16. The highest BCUT2D eigenvalue weighted by Crippen LogP contribution is 2.16. The van der Waals surface area contributed by atoms with Gasteiger partial charge in [-0.1, -0.05) is 24.6 Å². The van der Waals surface area contributed by atoms with Gasteiger partial charge in [0.15, 0.2) is 5.78 Å². The van der Waals surface area contributed by atoms with Gasteiger partial charge >= 0.3 is 0 Å². The fourth-order valence-corrected chi connectivity index (χ4v) is 1.90. The van der Waals surface area contributed by atoms with E-state index in [1.54, 1.807) is 6.08 Å². The van der Waals surface area contributed by atoms with Crippen molar-refractivity contribution >= 4 is 17.8 Å². The van der Waals surface area contributed by atoms with Crippen molar-refractivity contribution in [1.82, 2.24) is 0 Å². The number of carbonyl (C=O) groups is 2. The quantitative estimate of drug-likeness (QED) is 0.345. The number of carbonyl (C=O) groups excluding carboxylic acids is 2. The van der Waals surface area contributed by atoms with E-state index >= 15 is 0 Å². The lowest BCUT2D eigenvalue weighted by molar-refractivity contribution is -0.104. The molecule has 1 rings (SSSR count). The first-order chi connectivity index (χ1) is 9.45. The van der Waals surface area contributed by atoms with Crippen LogP contribution in [0.3, 0.4) is 0 Å². The Kier molecular flexibility index (Phi) is 5.91. The molecule has 20 heavy (non-hydrogen) atoms. The van der Waals surface area contributed by atoms with E-state index < -0.39 is 0 Å². The molecule has 0 amide bonds. The average molecular weight is 271 g/mol. The molecule has 0 saturated carbocycles. The van der Waals surface area contributed by atoms with E-state index in [0.29, 0.717) is 5.56 Å². The molecule has 0 bridgehead atoms. The van der Waals surface area contributed by atoms with Crippen molar-refractivity contribution in [1.29, 1.82) is 0 Å². The summed E-state index contributed by atoms with van der Waals surface area (Å²) < 4.78 is 0. The van der Waals surface area contributed by atoms with Crippen LogP contribution in [0.1, 0.15) is 24.2 Å². The van der Waals surface area contributed by atoms with Crippen LogP contribution in [-0.2, 0) is 4.79 Å². The summed E-state index contributed by atoms with van der Waals surface area (Å²) in [7, 11) is 3.93. The molecule has 3 nitrogen and oxygen atoms in total. The number of nitrogens with zero attached hydrogens (tertiary/aromatic N) is 1. The summed E-state index contributed by atoms with van der Waals surface area (Å²) in [5, 5.41) is 0.